The van der Waals surface area contributed by atoms with Gasteiger partial charge in [0, 0.05) is 5.92 Å². The highest BCUT2D eigenvalue weighted by Crippen LogP contribution is 2.24. The largest absolute Gasteiger partial charge is 0.406 e. The molecule has 2 N–H and O–H groups in total. The highest BCUT2D eigenvalue weighted by molar-refractivity contribution is 5.90. The minimum absolute atomic E-state index is 0.0185. The Kier molecular flexibility index (Phi) is 3.59. The maximum Gasteiger partial charge on any atom is 0.322 e. The maximum atomic E-state index is 12.0. The number of nitrogens with one attached hydrogen (secondary N) is 2. The molecule has 2 aliphatic rings. The Morgan fingerprint density at radius 2 is 2.32 bits per heavy atom. The second-order valence-corrected chi connectivity index (χ2v) is 5.07. The molecule has 3 rings (SSSR count). The zero-order valence-electron chi connectivity index (χ0n) is 10.8. The first-order valence-corrected chi connectivity index (χ1v) is 6.85. The lowest BCUT2D eigenvalue weighted by atomic mass is 9.94. The smallest absolute Gasteiger partial charge is 0.322 e. The number of allylic oxidation sites excluding steroid dienone is 2. The molecule has 1 aliphatic carbocycles. The van der Waals surface area contributed by atoms with Gasteiger partial charge >= 0.3 is 6.01 Å². The van der Waals surface area contributed by atoms with Gasteiger partial charge in [-0.2, -0.15) is 0 Å². The van der Waals surface area contributed by atoms with Crippen LogP contribution in [0.25, 0.3) is 0 Å². The van der Waals surface area contributed by atoms with Crippen LogP contribution in [0, 0.1) is 5.92 Å². The van der Waals surface area contributed by atoms with Crippen LogP contribution in [0.1, 0.15) is 44.0 Å². The van der Waals surface area contributed by atoms with E-state index in [0.29, 0.717) is 5.89 Å². The van der Waals surface area contributed by atoms with Crippen LogP contribution >= 0.6 is 0 Å². The molecule has 102 valence electrons. The van der Waals surface area contributed by atoms with Crippen LogP contribution in [-0.2, 0) is 4.79 Å². The molecule has 0 spiro atoms. The SMILES string of the molecule is O=C(Nc1nnc(C2CCCN2)o1)C1CC=CCC1. The molecule has 1 aromatic heterocycles. The van der Waals surface area contributed by atoms with E-state index in [1.807, 2.05) is 0 Å². The third-order valence-corrected chi connectivity index (χ3v) is 3.67. The lowest BCUT2D eigenvalue weighted by Gasteiger charge is -2.15. The molecule has 0 bridgehead atoms. The highest BCUT2D eigenvalue weighted by Gasteiger charge is 2.24. The number of anilines is 1. The Hall–Kier alpha value is -1.69. The molecule has 2 heterocycles. The van der Waals surface area contributed by atoms with E-state index in [1.54, 1.807) is 0 Å². The number of rotatable bonds is 3. The van der Waals surface area contributed by atoms with Crippen LogP contribution < -0.4 is 10.6 Å². The van der Waals surface area contributed by atoms with Gasteiger partial charge in [0.2, 0.25) is 11.8 Å². The Bertz CT molecular complexity index is 477. The van der Waals surface area contributed by atoms with Crippen LogP contribution in [0.3, 0.4) is 0 Å². The van der Waals surface area contributed by atoms with Crippen LogP contribution in [-0.4, -0.2) is 22.6 Å². The predicted octanol–water partition coefficient (Wildman–Crippen LogP) is 1.79. The molecule has 6 heteroatoms. The van der Waals surface area contributed by atoms with Crippen LogP contribution in [0.5, 0.6) is 0 Å². The van der Waals surface area contributed by atoms with Gasteiger partial charge in [0.15, 0.2) is 0 Å². The molecule has 2 atom stereocenters. The first-order valence-electron chi connectivity index (χ1n) is 6.85. The number of carbonyl (C=O) groups is 1. The van der Waals surface area contributed by atoms with E-state index >= 15 is 0 Å². The van der Waals surface area contributed by atoms with Gasteiger partial charge in [0.1, 0.15) is 0 Å². The quantitative estimate of drug-likeness (QED) is 0.812. The summed E-state index contributed by atoms with van der Waals surface area (Å²) in [6.07, 6.45) is 8.91. The molecular weight excluding hydrogens is 244 g/mol. The fraction of sp³-hybridized carbons (Fsp3) is 0.615. The zero-order chi connectivity index (χ0) is 13.1. The normalized spacial score (nSPS) is 26.5. The van der Waals surface area contributed by atoms with E-state index in [-0.39, 0.29) is 23.9 Å². The van der Waals surface area contributed by atoms with Crippen molar-refractivity contribution in [1.82, 2.24) is 15.5 Å². The number of nitrogens with zero attached hydrogens (tertiary/aromatic N) is 2. The number of amides is 1. The molecular formula is C13H18N4O2. The van der Waals surface area contributed by atoms with Gasteiger partial charge in [-0.05, 0) is 38.6 Å². The summed E-state index contributed by atoms with van der Waals surface area (Å²) in [6.45, 7) is 0.975. The first-order chi connectivity index (χ1) is 9.33. The third kappa shape index (κ3) is 2.84. The standard InChI is InChI=1S/C13H18N4O2/c18-11(9-5-2-1-3-6-9)15-13-17-16-12(19-13)10-7-4-8-14-10/h1-2,9-10,14H,3-8H2,(H,15,17,18). The van der Waals surface area contributed by atoms with Crippen molar-refractivity contribution < 1.29 is 9.21 Å². The summed E-state index contributed by atoms with van der Waals surface area (Å²) in [6, 6.07) is 0.346. The fourth-order valence-corrected chi connectivity index (χ4v) is 2.56. The third-order valence-electron chi connectivity index (χ3n) is 3.67. The summed E-state index contributed by atoms with van der Waals surface area (Å²) >= 11 is 0. The van der Waals surface area contributed by atoms with Crippen molar-refractivity contribution in [2.45, 2.75) is 38.1 Å². The Balaban J connectivity index is 1.60. The average Bonchev–Trinajstić information content (AvgIpc) is 3.10. The number of hydrogen-bond acceptors (Lipinski definition) is 5. The monoisotopic (exact) mass is 262 g/mol. The van der Waals surface area contributed by atoms with Crippen molar-refractivity contribution in [2.24, 2.45) is 5.92 Å². The molecule has 6 nitrogen and oxygen atoms in total. The van der Waals surface area contributed by atoms with Crippen molar-refractivity contribution >= 4 is 11.9 Å². The molecule has 0 saturated carbocycles. The topological polar surface area (TPSA) is 80.0 Å². The van der Waals surface area contributed by atoms with Crippen LogP contribution in [0.4, 0.5) is 6.01 Å². The van der Waals surface area contributed by atoms with Gasteiger partial charge in [-0.25, -0.2) is 0 Å². The lowest BCUT2D eigenvalue weighted by Crippen LogP contribution is -2.23. The minimum Gasteiger partial charge on any atom is -0.406 e. The minimum atomic E-state index is -0.0288. The van der Waals surface area contributed by atoms with Crippen molar-refractivity contribution in [1.29, 1.82) is 0 Å². The first kappa shape index (κ1) is 12.3. The Labute approximate surface area is 111 Å². The summed E-state index contributed by atoms with van der Waals surface area (Å²) in [5.74, 6) is 0.556. The van der Waals surface area contributed by atoms with E-state index in [0.717, 1.165) is 38.6 Å². The van der Waals surface area contributed by atoms with Gasteiger partial charge in [-0.3, -0.25) is 10.1 Å². The van der Waals surface area contributed by atoms with Crippen molar-refractivity contribution in [3.63, 3.8) is 0 Å². The van der Waals surface area contributed by atoms with E-state index < -0.39 is 0 Å². The van der Waals surface area contributed by atoms with Gasteiger partial charge in [-0.1, -0.05) is 17.3 Å². The number of carbonyl (C=O) groups excluding carboxylic acids is 1. The van der Waals surface area contributed by atoms with Gasteiger partial charge in [0.25, 0.3) is 0 Å². The summed E-state index contributed by atoms with van der Waals surface area (Å²) < 4.78 is 5.49. The van der Waals surface area contributed by atoms with Gasteiger partial charge in [0.05, 0.1) is 6.04 Å². The second-order valence-electron chi connectivity index (χ2n) is 5.07. The van der Waals surface area contributed by atoms with Gasteiger partial charge < -0.3 is 9.73 Å². The molecule has 2 unspecified atom stereocenters. The molecule has 1 aliphatic heterocycles. The van der Waals surface area contributed by atoms with E-state index in [1.165, 1.54) is 0 Å². The molecule has 1 saturated heterocycles. The van der Waals surface area contributed by atoms with Crippen LogP contribution in [0.2, 0.25) is 0 Å². The molecule has 19 heavy (non-hydrogen) atoms. The molecule has 1 fully saturated rings. The van der Waals surface area contributed by atoms with Crippen molar-refractivity contribution in [3.05, 3.63) is 18.0 Å². The zero-order valence-corrected chi connectivity index (χ0v) is 10.8. The maximum absolute atomic E-state index is 12.0. The Morgan fingerprint density at radius 1 is 1.37 bits per heavy atom. The number of aromatic nitrogens is 2. The fourth-order valence-electron chi connectivity index (χ4n) is 2.56. The number of hydrogen-bond donors (Lipinski definition) is 2. The summed E-state index contributed by atoms with van der Waals surface area (Å²) in [5, 5.41) is 13.9. The van der Waals surface area contributed by atoms with Crippen molar-refractivity contribution in [2.75, 3.05) is 11.9 Å². The van der Waals surface area contributed by atoms with E-state index in [9.17, 15) is 4.79 Å². The highest BCUT2D eigenvalue weighted by atomic mass is 16.4. The molecule has 1 amide bonds. The second kappa shape index (κ2) is 5.52. The molecule has 1 aromatic rings. The van der Waals surface area contributed by atoms with Crippen LogP contribution in [0.15, 0.2) is 16.6 Å². The summed E-state index contributed by atoms with van der Waals surface area (Å²) in [4.78, 5) is 12.0. The molecule has 0 radical (unpaired) electrons. The van der Waals surface area contributed by atoms with E-state index in [2.05, 4.69) is 33.0 Å². The van der Waals surface area contributed by atoms with Gasteiger partial charge in [-0.15, -0.1) is 5.10 Å². The average molecular weight is 262 g/mol. The summed E-state index contributed by atoms with van der Waals surface area (Å²) in [7, 11) is 0. The van der Waals surface area contributed by atoms with Crippen molar-refractivity contribution in [3.8, 4) is 0 Å². The summed E-state index contributed by atoms with van der Waals surface area (Å²) in [5.41, 5.74) is 0. The predicted molar refractivity (Wildman–Crippen MR) is 69.4 cm³/mol. The molecule has 0 aromatic carbocycles. The Morgan fingerprint density at radius 3 is 3.05 bits per heavy atom. The van der Waals surface area contributed by atoms with E-state index in [4.69, 9.17) is 4.42 Å². The lowest BCUT2D eigenvalue weighted by molar-refractivity contribution is -0.120.